The molecule has 130 valence electrons. The second kappa shape index (κ2) is 15.3. The first-order valence-electron chi connectivity index (χ1n) is 8.94. The molecule has 21 heavy (non-hydrogen) atoms. The van der Waals surface area contributed by atoms with Gasteiger partial charge in [0.25, 0.3) is 0 Å². The number of halogens is 1. The van der Waals surface area contributed by atoms with E-state index in [4.69, 9.17) is 0 Å². The SMILES string of the molecule is CCCCCCCCCCCC[N+](C)(C)CCN(C)C.[Br-]. The van der Waals surface area contributed by atoms with Crippen LogP contribution in [-0.4, -0.2) is 57.2 Å². The van der Waals surface area contributed by atoms with Crippen LogP contribution in [0.5, 0.6) is 0 Å². The number of likely N-dealkylation sites (N-methyl/N-ethyl adjacent to an activating group) is 2. The van der Waals surface area contributed by atoms with E-state index < -0.39 is 0 Å². The Bertz CT molecular complexity index is 205. The third-order valence-electron chi connectivity index (χ3n) is 4.27. The molecule has 0 aromatic carbocycles. The van der Waals surface area contributed by atoms with Gasteiger partial charge in [0.15, 0.2) is 0 Å². The van der Waals surface area contributed by atoms with Gasteiger partial charge in [0.1, 0.15) is 0 Å². The van der Waals surface area contributed by atoms with Crippen molar-refractivity contribution in [1.29, 1.82) is 0 Å². The van der Waals surface area contributed by atoms with Gasteiger partial charge in [0, 0.05) is 6.54 Å². The van der Waals surface area contributed by atoms with E-state index in [1.165, 1.54) is 88.3 Å². The Hall–Kier alpha value is 0.400. The van der Waals surface area contributed by atoms with Crippen LogP contribution >= 0.6 is 0 Å². The number of rotatable bonds is 14. The van der Waals surface area contributed by atoms with Gasteiger partial charge in [-0.1, -0.05) is 58.3 Å². The van der Waals surface area contributed by atoms with Crippen molar-refractivity contribution in [3.05, 3.63) is 0 Å². The third kappa shape index (κ3) is 18.4. The van der Waals surface area contributed by atoms with Crippen molar-refractivity contribution in [3.63, 3.8) is 0 Å². The number of quaternary nitrogens is 1. The van der Waals surface area contributed by atoms with Gasteiger partial charge in [-0.2, -0.15) is 0 Å². The lowest BCUT2D eigenvalue weighted by molar-refractivity contribution is -0.890. The van der Waals surface area contributed by atoms with Crippen LogP contribution < -0.4 is 17.0 Å². The van der Waals surface area contributed by atoms with Crippen LogP contribution in [0.15, 0.2) is 0 Å². The van der Waals surface area contributed by atoms with Gasteiger partial charge in [-0.25, -0.2) is 0 Å². The normalized spacial score (nSPS) is 11.7. The van der Waals surface area contributed by atoms with Crippen molar-refractivity contribution in [3.8, 4) is 0 Å². The predicted molar refractivity (Wildman–Crippen MR) is 92.2 cm³/mol. The van der Waals surface area contributed by atoms with E-state index in [0.717, 1.165) is 0 Å². The predicted octanol–water partition coefficient (Wildman–Crippen LogP) is 1.55. The van der Waals surface area contributed by atoms with Crippen LogP contribution in [0.1, 0.15) is 71.1 Å². The highest BCUT2D eigenvalue weighted by molar-refractivity contribution is 4.48. The number of hydrogen-bond donors (Lipinski definition) is 0. The monoisotopic (exact) mass is 364 g/mol. The minimum Gasteiger partial charge on any atom is -1.00 e. The van der Waals surface area contributed by atoms with Gasteiger partial charge in [-0.3, -0.25) is 0 Å². The molecule has 0 aromatic rings. The first kappa shape index (κ1) is 23.7. The maximum Gasteiger partial charge on any atom is 0.0911 e. The largest absolute Gasteiger partial charge is 1.00 e. The first-order valence-corrected chi connectivity index (χ1v) is 8.94. The summed E-state index contributed by atoms with van der Waals surface area (Å²) in [7, 11) is 9.08. The molecule has 0 saturated carbocycles. The van der Waals surface area contributed by atoms with E-state index in [1.54, 1.807) is 0 Å². The quantitative estimate of drug-likeness (QED) is 0.334. The number of unbranched alkanes of at least 4 members (excludes halogenated alkanes) is 9. The lowest BCUT2D eigenvalue weighted by Gasteiger charge is -2.31. The maximum atomic E-state index is 2.37. The van der Waals surface area contributed by atoms with Crippen molar-refractivity contribution in [1.82, 2.24) is 4.90 Å². The lowest BCUT2D eigenvalue weighted by atomic mass is 10.1. The van der Waals surface area contributed by atoms with Gasteiger partial charge in [-0.05, 0) is 26.9 Å². The fourth-order valence-electron chi connectivity index (χ4n) is 2.61. The number of nitrogens with zero attached hydrogens (tertiary/aromatic N) is 2. The van der Waals surface area contributed by atoms with Crippen molar-refractivity contribution in [2.24, 2.45) is 0 Å². The molecule has 0 atom stereocenters. The Kier molecular flexibility index (Phi) is 17.2. The fraction of sp³-hybridized carbons (Fsp3) is 1.00. The molecule has 0 heterocycles. The van der Waals surface area contributed by atoms with Crippen LogP contribution in [0.2, 0.25) is 0 Å². The highest BCUT2D eigenvalue weighted by Crippen LogP contribution is 2.11. The summed E-state index contributed by atoms with van der Waals surface area (Å²) in [4.78, 5) is 2.29. The summed E-state index contributed by atoms with van der Waals surface area (Å²) in [5, 5.41) is 0. The summed E-state index contributed by atoms with van der Waals surface area (Å²) in [6.45, 7) is 6.10. The molecule has 0 aliphatic carbocycles. The Labute approximate surface area is 145 Å². The van der Waals surface area contributed by atoms with Crippen LogP contribution in [0.25, 0.3) is 0 Å². The maximum absolute atomic E-state index is 2.37. The molecule has 0 saturated heterocycles. The Balaban J connectivity index is 0. The molecular formula is C18H41BrN2. The number of hydrogen-bond acceptors (Lipinski definition) is 1. The second-order valence-electron chi connectivity index (χ2n) is 7.37. The molecule has 0 radical (unpaired) electrons. The topological polar surface area (TPSA) is 3.24 Å². The molecule has 0 aliphatic heterocycles. The molecule has 2 nitrogen and oxygen atoms in total. The lowest BCUT2D eigenvalue weighted by Crippen LogP contribution is -3.00. The molecule has 3 heteroatoms. The minimum atomic E-state index is 0. The van der Waals surface area contributed by atoms with E-state index in [0.29, 0.717) is 0 Å². The summed E-state index contributed by atoms with van der Waals surface area (Å²) >= 11 is 0. The molecule has 0 unspecified atom stereocenters. The van der Waals surface area contributed by atoms with Crippen molar-refractivity contribution < 1.29 is 21.5 Å². The molecule has 0 aliphatic rings. The molecule has 0 N–H and O–H groups in total. The molecule has 0 rings (SSSR count). The Morgan fingerprint density at radius 1 is 0.667 bits per heavy atom. The zero-order valence-electron chi connectivity index (χ0n) is 15.5. The molecule has 0 spiro atoms. The van der Waals surface area contributed by atoms with E-state index in [1.807, 2.05) is 0 Å². The zero-order valence-corrected chi connectivity index (χ0v) is 17.1. The molecular weight excluding hydrogens is 324 g/mol. The highest BCUT2D eigenvalue weighted by Gasteiger charge is 2.13. The van der Waals surface area contributed by atoms with E-state index in [9.17, 15) is 0 Å². The van der Waals surface area contributed by atoms with Crippen LogP contribution in [0.4, 0.5) is 0 Å². The Morgan fingerprint density at radius 2 is 1.10 bits per heavy atom. The average molecular weight is 365 g/mol. The molecule has 0 amide bonds. The van der Waals surface area contributed by atoms with Crippen molar-refractivity contribution >= 4 is 0 Å². The van der Waals surface area contributed by atoms with Crippen LogP contribution in [0, 0.1) is 0 Å². The standard InChI is InChI=1S/C18H41N2.BrH/c1-6-7-8-9-10-11-12-13-14-15-17-20(4,5)18-16-19(2)3;/h6-18H2,1-5H3;1H/q+1;/p-1. The summed E-state index contributed by atoms with van der Waals surface area (Å²) in [5.74, 6) is 0. The molecule has 0 bridgehead atoms. The van der Waals surface area contributed by atoms with E-state index in [-0.39, 0.29) is 17.0 Å². The summed E-state index contributed by atoms with van der Waals surface area (Å²) in [6, 6.07) is 0. The smallest absolute Gasteiger partial charge is 0.0911 e. The first-order chi connectivity index (χ1) is 9.48. The van der Waals surface area contributed by atoms with Gasteiger partial charge < -0.3 is 26.4 Å². The zero-order chi connectivity index (χ0) is 15.3. The van der Waals surface area contributed by atoms with Gasteiger partial charge in [0.2, 0.25) is 0 Å². The Morgan fingerprint density at radius 3 is 1.52 bits per heavy atom. The molecule has 0 fully saturated rings. The van der Waals surface area contributed by atoms with Crippen LogP contribution in [-0.2, 0) is 0 Å². The van der Waals surface area contributed by atoms with E-state index in [2.05, 4.69) is 40.0 Å². The van der Waals surface area contributed by atoms with Gasteiger partial charge in [0.05, 0.1) is 27.2 Å². The third-order valence-corrected chi connectivity index (χ3v) is 4.27. The highest BCUT2D eigenvalue weighted by atomic mass is 79.9. The second-order valence-corrected chi connectivity index (χ2v) is 7.37. The summed E-state index contributed by atoms with van der Waals surface area (Å²) in [6.07, 6.45) is 14.4. The fourth-order valence-corrected chi connectivity index (χ4v) is 2.61. The van der Waals surface area contributed by atoms with Gasteiger partial charge >= 0.3 is 0 Å². The van der Waals surface area contributed by atoms with Gasteiger partial charge in [-0.15, -0.1) is 0 Å². The van der Waals surface area contributed by atoms with E-state index >= 15 is 0 Å². The summed E-state index contributed by atoms with van der Waals surface area (Å²) < 4.78 is 1.18. The average Bonchev–Trinajstić information content (AvgIpc) is 2.39. The minimum absolute atomic E-state index is 0. The van der Waals surface area contributed by atoms with Crippen LogP contribution in [0.3, 0.4) is 0 Å². The van der Waals surface area contributed by atoms with Crippen molar-refractivity contribution in [2.45, 2.75) is 71.1 Å². The molecule has 0 aromatic heterocycles. The summed E-state index contributed by atoms with van der Waals surface area (Å²) in [5.41, 5.74) is 0. The van der Waals surface area contributed by atoms with Crippen molar-refractivity contribution in [2.75, 3.05) is 47.8 Å².